The van der Waals surface area contributed by atoms with E-state index in [0.717, 1.165) is 5.39 Å². The molecule has 3 aliphatic heterocycles. The lowest BCUT2D eigenvalue weighted by Gasteiger charge is -2.54. The Kier molecular flexibility index (Phi) is 5.01. The molecule has 34 heavy (non-hydrogen) atoms. The Morgan fingerprint density at radius 2 is 2.15 bits per heavy atom. The van der Waals surface area contributed by atoms with Crippen LogP contribution < -0.4 is 10.6 Å². The van der Waals surface area contributed by atoms with Gasteiger partial charge in [-0.3, -0.25) is 14.4 Å². The first-order chi connectivity index (χ1) is 16.2. The number of carbonyl (C=O) groups is 4. The molecule has 3 saturated heterocycles. The molecule has 4 heterocycles. The van der Waals surface area contributed by atoms with Crippen LogP contribution in [0.5, 0.6) is 0 Å². The quantitative estimate of drug-likeness (QED) is 0.560. The lowest BCUT2D eigenvalue weighted by atomic mass is 9.52. The fourth-order valence-corrected chi connectivity index (χ4v) is 6.04. The number of nitrogens with one attached hydrogen (secondary N) is 3. The molecule has 4 fully saturated rings. The number of fused-ring (bicyclic) bond motifs is 2. The van der Waals surface area contributed by atoms with Gasteiger partial charge in [0, 0.05) is 35.3 Å². The van der Waals surface area contributed by atoms with E-state index in [1.807, 2.05) is 13.8 Å². The van der Waals surface area contributed by atoms with Crippen molar-refractivity contribution in [2.45, 2.75) is 44.7 Å². The van der Waals surface area contributed by atoms with Crippen molar-refractivity contribution in [3.05, 3.63) is 35.5 Å². The van der Waals surface area contributed by atoms with Gasteiger partial charge in [0.1, 0.15) is 17.5 Å². The zero-order valence-electron chi connectivity index (χ0n) is 19.2. The molecule has 1 saturated carbocycles. The molecule has 2 bridgehead atoms. The standard InChI is InChI=1S/C25H27N5O4/c1-24(2)17-10-25(24,23(34)28-18(13-31)8-16-5-6-27-21(16)32)30(12-17)22(33)20-9-15-4-3-14(11-26)7-19(15)29-20/h3-4,7,9,13,16-18,29H,5-6,8,10,12H2,1-2H3,(H,27,32)(H,28,34)/t16-,17+,18-,25+/m0/s1. The van der Waals surface area contributed by atoms with Gasteiger partial charge in [-0.15, -0.1) is 0 Å². The van der Waals surface area contributed by atoms with Gasteiger partial charge < -0.3 is 25.3 Å². The molecular weight excluding hydrogens is 434 g/mol. The molecule has 1 aliphatic carbocycles. The number of nitrogens with zero attached hydrogens (tertiary/aromatic N) is 2. The fourth-order valence-electron chi connectivity index (χ4n) is 6.04. The van der Waals surface area contributed by atoms with Crippen molar-refractivity contribution in [3.8, 4) is 6.07 Å². The highest BCUT2D eigenvalue weighted by atomic mass is 16.2. The van der Waals surface area contributed by atoms with Crippen molar-refractivity contribution >= 4 is 34.9 Å². The first-order valence-corrected chi connectivity index (χ1v) is 11.6. The number of aromatic nitrogens is 1. The maximum Gasteiger partial charge on any atom is 0.271 e. The van der Waals surface area contributed by atoms with E-state index in [9.17, 15) is 19.2 Å². The topological polar surface area (TPSA) is 135 Å². The molecule has 1 aromatic carbocycles. The molecule has 9 nitrogen and oxygen atoms in total. The van der Waals surface area contributed by atoms with E-state index in [0.29, 0.717) is 49.0 Å². The summed E-state index contributed by atoms with van der Waals surface area (Å²) in [4.78, 5) is 55.7. The van der Waals surface area contributed by atoms with Crippen LogP contribution in [0, 0.1) is 28.6 Å². The highest BCUT2D eigenvalue weighted by Crippen LogP contribution is 2.63. The number of H-pyrrole nitrogens is 1. The van der Waals surface area contributed by atoms with Crippen LogP contribution in [0.2, 0.25) is 0 Å². The van der Waals surface area contributed by atoms with Crippen molar-refractivity contribution < 1.29 is 19.2 Å². The lowest BCUT2D eigenvalue weighted by Crippen LogP contribution is -2.69. The van der Waals surface area contributed by atoms with Crippen LogP contribution in [0.4, 0.5) is 0 Å². The summed E-state index contributed by atoms with van der Waals surface area (Å²) in [6.07, 6.45) is 2.09. The van der Waals surface area contributed by atoms with E-state index < -0.39 is 17.0 Å². The fraction of sp³-hybridized carbons (Fsp3) is 0.480. The Bertz CT molecular complexity index is 1260. The van der Waals surface area contributed by atoms with Crippen LogP contribution in [0.25, 0.3) is 10.9 Å². The van der Waals surface area contributed by atoms with Crippen molar-refractivity contribution in [1.29, 1.82) is 5.26 Å². The Morgan fingerprint density at radius 1 is 1.35 bits per heavy atom. The highest BCUT2D eigenvalue weighted by Gasteiger charge is 2.74. The van der Waals surface area contributed by atoms with Crippen LogP contribution in [0.3, 0.4) is 0 Å². The first-order valence-electron chi connectivity index (χ1n) is 11.6. The Morgan fingerprint density at radius 3 is 2.79 bits per heavy atom. The molecular formula is C25H27N5O4. The van der Waals surface area contributed by atoms with E-state index in [2.05, 4.69) is 21.7 Å². The molecule has 2 aromatic rings. The third kappa shape index (κ3) is 3.05. The van der Waals surface area contributed by atoms with Crippen molar-refractivity contribution in [2.75, 3.05) is 13.1 Å². The normalized spacial score (nSPS) is 27.6. The Balaban J connectivity index is 1.40. The van der Waals surface area contributed by atoms with E-state index in [4.69, 9.17) is 5.26 Å². The number of aromatic amines is 1. The van der Waals surface area contributed by atoms with Gasteiger partial charge in [-0.05, 0) is 43.4 Å². The van der Waals surface area contributed by atoms with E-state index in [-0.39, 0.29) is 36.0 Å². The number of carbonyl (C=O) groups excluding carboxylic acids is 4. The number of amides is 3. The van der Waals surface area contributed by atoms with Gasteiger partial charge in [-0.25, -0.2) is 0 Å². The smallest absolute Gasteiger partial charge is 0.271 e. The summed E-state index contributed by atoms with van der Waals surface area (Å²) in [6, 6.07) is 8.20. The average molecular weight is 462 g/mol. The summed E-state index contributed by atoms with van der Waals surface area (Å²) < 4.78 is 0. The largest absolute Gasteiger partial charge is 0.356 e. The number of hydrogen-bond donors (Lipinski definition) is 3. The van der Waals surface area contributed by atoms with Crippen LogP contribution in [0.1, 0.15) is 49.2 Å². The second-order valence-electron chi connectivity index (χ2n) is 10.2. The molecule has 4 atom stereocenters. The van der Waals surface area contributed by atoms with Crippen LogP contribution in [-0.2, 0) is 14.4 Å². The van der Waals surface area contributed by atoms with Gasteiger partial charge in [0.05, 0.1) is 17.7 Å². The molecule has 3 amide bonds. The van der Waals surface area contributed by atoms with Crippen molar-refractivity contribution in [3.63, 3.8) is 0 Å². The molecule has 176 valence electrons. The lowest BCUT2D eigenvalue weighted by molar-refractivity contribution is -0.147. The zero-order chi connectivity index (χ0) is 24.3. The van der Waals surface area contributed by atoms with E-state index >= 15 is 0 Å². The third-order valence-electron chi connectivity index (χ3n) is 8.28. The molecule has 6 rings (SSSR count). The predicted octanol–water partition coefficient (Wildman–Crippen LogP) is 1.49. The maximum atomic E-state index is 13.6. The third-order valence-corrected chi connectivity index (χ3v) is 8.28. The average Bonchev–Trinajstić information content (AvgIpc) is 3.58. The van der Waals surface area contributed by atoms with Gasteiger partial charge in [0.2, 0.25) is 11.8 Å². The second kappa shape index (κ2) is 7.69. The molecule has 3 N–H and O–H groups in total. The minimum atomic E-state index is -1.07. The monoisotopic (exact) mass is 461 g/mol. The van der Waals surface area contributed by atoms with Crippen LogP contribution in [-0.4, -0.2) is 58.6 Å². The van der Waals surface area contributed by atoms with Crippen LogP contribution >= 0.6 is 0 Å². The first kappa shape index (κ1) is 22.1. The van der Waals surface area contributed by atoms with Gasteiger partial charge in [-0.2, -0.15) is 5.26 Å². The highest BCUT2D eigenvalue weighted by molar-refractivity contribution is 6.03. The zero-order valence-corrected chi connectivity index (χ0v) is 19.2. The van der Waals surface area contributed by atoms with E-state index in [1.54, 1.807) is 29.2 Å². The van der Waals surface area contributed by atoms with Gasteiger partial charge in [-0.1, -0.05) is 19.9 Å². The SMILES string of the molecule is CC1(C)[C@H]2CN(C(=O)c3cc4ccc(C#N)cc4[nH]3)[C@@]1(C(=O)N[C@H](C=O)C[C@@H]1CCNC1=O)C2. The summed E-state index contributed by atoms with van der Waals surface area (Å²) in [6.45, 7) is 5.00. The summed E-state index contributed by atoms with van der Waals surface area (Å²) in [7, 11) is 0. The summed E-state index contributed by atoms with van der Waals surface area (Å²) in [5.41, 5.74) is 0.0101. The number of hydrogen-bond acceptors (Lipinski definition) is 5. The number of benzene rings is 1. The van der Waals surface area contributed by atoms with E-state index in [1.165, 1.54) is 0 Å². The van der Waals surface area contributed by atoms with Crippen LogP contribution in [0.15, 0.2) is 24.3 Å². The minimum absolute atomic E-state index is 0.0978. The summed E-state index contributed by atoms with van der Waals surface area (Å²) in [5, 5.41) is 15.5. The molecule has 9 heteroatoms. The van der Waals surface area contributed by atoms with Gasteiger partial charge in [0.25, 0.3) is 5.91 Å². The molecule has 1 aromatic heterocycles. The molecule has 0 spiro atoms. The molecule has 4 aliphatic rings. The number of nitriles is 1. The number of aldehydes is 1. The minimum Gasteiger partial charge on any atom is -0.356 e. The second-order valence-corrected chi connectivity index (χ2v) is 10.2. The maximum absolute atomic E-state index is 13.6. The Labute approximate surface area is 196 Å². The summed E-state index contributed by atoms with van der Waals surface area (Å²) in [5.74, 6) is -0.860. The summed E-state index contributed by atoms with van der Waals surface area (Å²) >= 11 is 0. The molecule has 0 unspecified atom stereocenters. The van der Waals surface area contributed by atoms with Gasteiger partial charge in [0.15, 0.2) is 0 Å². The number of rotatable bonds is 6. The predicted molar refractivity (Wildman–Crippen MR) is 122 cm³/mol. The van der Waals surface area contributed by atoms with Crippen molar-refractivity contribution in [1.82, 2.24) is 20.5 Å². The Hall–Kier alpha value is -3.67. The van der Waals surface area contributed by atoms with Gasteiger partial charge >= 0.3 is 0 Å². The molecule has 0 radical (unpaired) electrons. The van der Waals surface area contributed by atoms with Crippen molar-refractivity contribution in [2.24, 2.45) is 17.3 Å².